The summed E-state index contributed by atoms with van der Waals surface area (Å²) < 4.78 is 88.2. The topological polar surface area (TPSA) is 133 Å². The van der Waals surface area contributed by atoms with Crippen molar-refractivity contribution < 1.29 is 69.9 Å². The van der Waals surface area contributed by atoms with Gasteiger partial charge < -0.3 is 33.2 Å². The summed E-state index contributed by atoms with van der Waals surface area (Å²) in [5.74, 6) is -9.28. The minimum Gasteiger partial charge on any atom is -0.459 e. The molecule has 18 heteroatoms. The van der Waals surface area contributed by atoms with Crippen LogP contribution < -0.4 is 0 Å². The molecule has 112 heavy (non-hydrogen) atoms. The zero-order valence-corrected chi connectivity index (χ0v) is 67.9. The highest BCUT2D eigenvalue weighted by Gasteiger charge is 2.59. The van der Waals surface area contributed by atoms with E-state index in [1.165, 1.54) is 60.7 Å². The van der Waals surface area contributed by atoms with Crippen molar-refractivity contribution in [1.29, 1.82) is 0 Å². The summed E-state index contributed by atoms with van der Waals surface area (Å²) in [6.07, 6.45) is 7.85. The van der Waals surface area contributed by atoms with E-state index in [1.807, 2.05) is 0 Å². The van der Waals surface area contributed by atoms with Crippen LogP contribution in [0.5, 0.6) is 0 Å². The van der Waals surface area contributed by atoms with Gasteiger partial charge in [0.1, 0.15) is 31.2 Å². The Morgan fingerprint density at radius 3 is 0.946 bits per heavy atom. The Morgan fingerprint density at radius 1 is 0.375 bits per heavy atom. The van der Waals surface area contributed by atoms with Crippen LogP contribution in [0.2, 0.25) is 0 Å². The van der Waals surface area contributed by atoms with E-state index in [2.05, 4.69) is 280 Å². The summed E-state index contributed by atoms with van der Waals surface area (Å²) >= 11 is 0. The maximum Gasteiger partial charge on any atom is 0.508 e. The number of aryl methyl sites for hydroxylation is 3. The van der Waals surface area contributed by atoms with Gasteiger partial charge in [-0.05, 0) is 256 Å². The van der Waals surface area contributed by atoms with Crippen LogP contribution in [0.15, 0.2) is 299 Å². The number of hydrogen-bond acceptors (Lipinski definition) is 11. The van der Waals surface area contributed by atoms with E-state index in [9.17, 15) is 36.7 Å². The molecule has 0 amide bonds. The molecule has 8 saturated carbocycles. The van der Waals surface area contributed by atoms with Crippen LogP contribution >= 0.6 is 0 Å². The lowest BCUT2D eigenvalue weighted by Gasteiger charge is -2.59. The molecule has 4 unspecified atom stereocenters. The summed E-state index contributed by atoms with van der Waals surface area (Å²) in [5.41, 5.74) is 3.27. The van der Waals surface area contributed by atoms with Crippen LogP contribution in [0.4, 0.5) is 22.4 Å². The third-order valence-corrected chi connectivity index (χ3v) is 28.0. The van der Waals surface area contributed by atoms with Crippen LogP contribution in [0.1, 0.15) is 116 Å². The number of halogens is 4. The Kier molecular flexibility index (Phi) is 28.9. The number of alkyl halides is 4. The van der Waals surface area contributed by atoms with Gasteiger partial charge in [0.15, 0.2) is 50.7 Å². The van der Waals surface area contributed by atoms with Gasteiger partial charge in [-0.1, -0.05) is 162 Å². The maximum absolute atomic E-state index is 13.1. The minimum absolute atomic E-state index is 0.0146. The van der Waals surface area contributed by atoms with Crippen molar-refractivity contribution in [3.63, 3.8) is 0 Å². The zero-order chi connectivity index (χ0) is 79.6. The molecular formula is C94H105F4O11S3+3. The predicted molar refractivity (Wildman–Crippen MR) is 433 cm³/mol. The second-order valence-corrected chi connectivity index (χ2v) is 37.9. The van der Waals surface area contributed by atoms with Gasteiger partial charge in [0.25, 0.3) is 0 Å². The third-order valence-electron chi connectivity index (χ3n) is 21.3. The van der Waals surface area contributed by atoms with Crippen molar-refractivity contribution in [2.45, 2.75) is 193 Å². The molecule has 0 spiro atoms. The number of ether oxygens (including phenoxy) is 7. The van der Waals surface area contributed by atoms with Crippen LogP contribution in [-0.4, -0.2) is 87.4 Å². The highest BCUT2D eigenvalue weighted by atomic mass is 32.2. The molecule has 9 aromatic rings. The average Bonchev–Trinajstić information content (AvgIpc) is 0.736. The molecule has 0 aromatic heterocycles. The average molecular weight is 1580 g/mol. The van der Waals surface area contributed by atoms with Gasteiger partial charge >= 0.3 is 35.9 Å². The molecule has 4 atom stereocenters. The Hall–Kier alpha value is -8.65. The Morgan fingerprint density at radius 2 is 0.661 bits per heavy atom. The second-order valence-electron chi connectivity index (χ2n) is 31.9. The fraction of sp³-hybridized carbons (Fsp3) is 0.383. The van der Waals surface area contributed by atoms with Gasteiger partial charge in [0.05, 0.1) is 39.3 Å². The zero-order valence-electron chi connectivity index (χ0n) is 65.5. The number of rotatable bonds is 21. The third kappa shape index (κ3) is 23.3. The minimum atomic E-state index is -3.65. The lowest BCUT2D eigenvalue weighted by Crippen LogP contribution is -2.56. The summed E-state index contributed by atoms with van der Waals surface area (Å²) in [7, 11) is 1.53. The van der Waals surface area contributed by atoms with Crippen LogP contribution in [0.25, 0.3) is 0 Å². The predicted octanol–water partition coefficient (Wildman–Crippen LogP) is 22.1. The summed E-state index contributed by atoms with van der Waals surface area (Å²) in [6, 6.07) is 91.1. The molecule has 9 aromatic carbocycles. The Balaban J connectivity index is 0.000000140. The molecule has 17 rings (SSSR count). The van der Waals surface area contributed by atoms with E-state index in [0.29, 0.717) is 32.3 Å². The van der Waals surface area contributed by atoms with Crippen molar-refractivity contribution in [1.82, 2.24) is 0 Å². The molecule has 0 radical (unpaired) electrons. The first-order chi connectivity index (χ1) is 53.6. The van der Waals surface area contributed by atoms with Gasteiger partial charge in [-0.3, -0.25) is 0 Å². The monoisotopic (exact) mass is 1580 g/mol. The fourth-order valence-electron chi connectivity index (χ4n) is 17.1. The molecule has 0 heterocycles. The summed E-state index contributed by atoms with van der Waals surface area (Å²) in [4.78, 5) is 59.0. The van der Waals surface area contributed by atoms with E-state index in [0.717, 1.165) is 64.2 Å². The lowest BCUT2D eigenvalue weighted by atomic mass is 9.48. The maximum atomic E-state index is 13.1. The first-order valence-electron chi connectivity index (χ1n) is 38.6. The molecule has 0 saturated heterocycles. The first-order valence-corrected chi connectivity index (χ1v) is 42.3. The normalized spacial score (nSPS) is 22.3. The van der Waals surface area contributed by atoms with Crippen LogP contribution in [0.3, 0.4) is 0 Å². The van der Waals surface area contributed by atoms with Crippen LogP contribution in [0, 0.1) is 67.1 Å². The van der Waals surface area contributed by atoms with E-state index in [4.69, 9.17) is 28.4 Å². The number of esters is 3. The SMILES string of the molecule is CC(C)(C)OC(=O)OCC12CC3CC(C1)C(OC(=O)COC(=O)C(C)(F)F)C(C3)C2.COCOCC12CC3CC(C1)C(OC(=O)C(C)(F)F)C(C3)C2.Cc1ccc([S+](c2ccc(C)cc2)c2ccc(C)cc2)cc1.c1ccc([S+](c2ccccc2)c2ccccc2)cc1.c1ccc([S+](c2ccccc2)c2ccccc2)cc1. The Labute approximate surface area is 667 Å². The number of carbonyl (C=O) groups is 4. The standard InChI is InChI=1S/C21H30F2O7.C21H21S.2C18H15S.C16H24F2O4/c1-19(2,3)30-18(26)28-11-21-7-12-5-13(8-21)16(14(6-12)9-21)29-15(24)10-27-17(25)20(4,22)23;1-16-4-10-19(11-5-16)22(20-12-6-17(2)7-13-20)21-14-8-18(3)9-15-21;2*1-4-10-16(11-5-1)19(17-12-6-2-7-13-17)18-14-8-3-9-15-18;1-15(17,18)14(19)22-13-11-3-10-4-12(13)7-16(5-10,6-11)8-21-9-20-2/h12-14,16H,5-11H2,1-4H3;4-15H,1-3H3;2*1-15H;10-13H,3-9H2,1-2H3/q;3*+1;. The number of carbonyl (C=O) groups excluding carboxylic acids is 4. The molecule has 590 valence electrons. The second kappa shape index (κ2) is 38.5. The van der Waals surface area contributed by atoms with Gasteiger partial charge in [0, 0.05) is 26.4 Å². The van der Waals surface area contributed by atoms with Crippen molar-refractivity contribution in [2.24, 2.45) is 46.3 Å². The lowest BCUT2D eigenvalue weighted by molar-refractivity contribution is -0.208. The Bertz CT molecular complexity index is 3990. The highest BCUT2D eigenvalue weighted by Crippen LogP contribution is 2.62. The molecule has 8 bridgehead atoms. The van der Waals surface area contributed by atoms with Crippen molar-refractivity contribution in [3.05, 3.63) is 271 Å². The van der Waals surface area contributed by atoms with E-state index < -0.39 is 48.1 Å². The molecule has 11 nitrogen and oxygen atoms in total. The van der Waals surface area contributed by atoms with Gasteiger partial charge in [0.2, 0.25) is 0 Å². The largest absolute Gasteiger partial charge is 0.508 e. The molecule has 8 aliphatic rings. The van der Waals surface area contributed by atoms with Crippen LogP contribution in [-0.2, 0) is 80.2 Å². The van der Waals surface area contributed by atoms with Crippen molar-refractivity contribution in [3.8, 4) is 0 Å². The number of benzene rings is 9. The summed E-state index contributed by atoms with van der Waals surface area (Å²) in [6.45, 7) is 13.1. The molecule has 0 aliphatic heterocycles. The first kappa shape index (κ1) is 84.3. The number of methoxy groups -OCH3 is 1. The fourth-order valence-corrected chi connectivity index (χ4v) is 23.4. The van der Waals surface area contributed by atoms with E-state index in [-0.39, 0.29) is 92.8 Å². The van der Waals surface area contributed by atoms with Gasteiger partial charge in [-0.15, -0.1) is 0 Å². The van der Waals surface area contributed by atoms with Crippen molar-refractivity contribution in [2.75, 3.05) is 33.7 Å². The molecule has 8 aliphatic carbocycles. The van der Waals surface area contributed by atoms with Gasteiger partial charge in [-0.25, -0.2) is 19.2 Å². The number of hydrogen-bond donors (Lipinski definition) is 0. The van der Waals surface area contributed by atoms with Crippen molar-refractivity contribution >= 4 is 56.7 Å². The van der Waals surface area contributed by atoms with E-state index >= 15 is 0 Å². The quantitative estimate of drug-likeness (QED) is 0.0170. The summed E-state index contributed by atoms with van der Waals surface area (Å²) in [5, 5.41) is 0. The highest BCUT2D eigenvalue weighted by molar-refractivity contribution is 7.97. The molecule has 8 fully saturated rings. The molecule has 0 N–H and O–H groups in total. The molecular weight excluding hydrogens is 1480 g/mol. The smallest absolute Gasteiger partial charge is 0.459 e. The van der Waals surface area contributed by atoms with E-state index in [1.54, 1.807) is 27.9 Å². The van der Waals surface area contributed by atoms with Gasteiger partial charge in [-0.2, -0.15) is 17.6 Å².